The lowest BCUT2D eigenvalue weighted by molar-refractivity contribution is -0.162. The molecule has 0 aliphatic heterocycles. The van der Waals surface area contributed by atoms with Gasteiger partial charge in [-0.25, -0.2) is 0 Å². The van der Waals surface area contributed by atoms with E-state index in [-0.39, 0.29) is 17.1 Å². The van der Waals surface area contributed by atoms with Crippen LogP contribution in [0.25, 0.3) is 6.08 Å². The van der Waals surface area contributed by atoms with Gasteiger partial charge in [-0.3, -0.25) is 4.79 Å². The average molecular weight is 401 g/mol. The van der Waals surface area contributed by atoms with E-state index < -0.39 is 24.7 Å². The minimum atomic E-state index is -4.68. The number of hydrogen-bond acceptors (Lipinski definition) is 3. The monoisotopic (exact) mass is 401 g/mol. The summed E-state index contributed by atoms with van der Waals surface area (Å²) in [5.41, 5.74) is 0.240. The summed E-state index contributed by atoms with van der Waals surface area (Å²) in [4.78, 5) is 12.0. The van der Waals surface area contributed by atoms with E-state index in [1.807, 2.05) is 5.32 Å². The van der Waals surface area contributed by atoms with Crippen molar-refractivity contribution in [2.24, 2.45) is 0 Å². The molecule has 0 saturated carbocycles. The molecule has 1 unspecified atom stereocenters. The highest BCUT2D eigenvalue weighted by Crippen LogP contribution is 2.33. The van der Waals surface area contributed by atoms with Crippen LogP contribution in [0.2, 0.25) is 0 Å². The zero-order valence-electron chi connectivity index (χ0n) is 14.5. The number of amides is 1. The molecule has 9 heteroatoms. The molecular weight excluding hydrogens is 385 g/mol. The first-order valence-corrected chi connectivity index (χ1v) is 7.94. The normalized spacial score (nSPS) is 12.8. The molecule has 1 N–H and O–H groups in total. The van der Waals surface area contributed by atoms with Crippen LogP contribution in [-0.2, 0) is 4.79 Å². The fraction of sp³-hybridized carbons (Fsp3) is 0.211. The second-order valence-corrected chi connectivity index (χ2v) is 5.52. The third-order valence-corrected chi connectivity index (χ3v) is 3.58. The Morgan fingerprint density at radius 3 is 2.32 bits per heavy atom. The fourth-order valence-electron chi connectivity index (χ4n) is 2.34. The van der Waals surface area contributed by atoms with Crippen LogP contribution in [0.4, 0.5) is 22.0 Å². The summed E-state index contributed by atoms with van der Waals surface area (Å²) in [5, 5.41) is 1.90. The summed E-state index contributed by atoms with van der Waals surface area (Å²) in [7, 11) is 1.24. The van der Waals surface area contributed by atoms with E-state index in [2.05, 4.69) is 4.74 Å². The van der Waals surface area contributed by atoms with Gasteiger partial charge in [0.15, 0.2) is 17.5 Å². The maximum Gasteiger partial charge on any atom is 0.412 e. The number of halogens is 5. The van der Waals surface area contributed by atoms with Gasteiger partial charge in [-0.05, 0) is 29.3 Å². The van der Waals surface area contributed by atoms with Crippen molar-refractivity contribution in [3.63, 3.8) is 0 Å². The number of hydrogen-bond donors (Lipinski definition) is 1. The van der Waals surface area contributed by atoms with Gasteiger partial charge < -0.3 is 14.8 Å². The highest BCUT2D eigenvalue weighted by Gasteiger charge is 2.41. The Morgan fingerprint density at radius 2 is 1.75 bits per heavy atom. The molecule has 0 bridgehead atoms. The first kappa shape index (κ1) is 21.2. The number of ether oxygens (including phenoxy) is 2. The van der Waals surface area contributed by atoms with Crippen molar-refractivity contribution in [3.8, 4) is 11.5 Å². The number of carbonyl (C=O) groups is 1. The predicted molar refractivity (Wildman–Crippen MR) is 92.0 cm³/mol. The quantitative estimate of drug-likeness (QED) is 0.539. The van der Waals surface area contributed by atoms with Crippen LogP contribution < -0.4 is 14.8 Å². The molecule has 1 amide bonds. The van der Waals surface area contributed by atoms with Gasteiger partial charge in [-0.1, -0.05) is 36.4 Å². The minimum absolute atomic E-state index is 0.0136. The lowest BCUT2D eigenvalue weighted by Gasteiger charge is -2.21. The molecule has 0 spiro atoms. The molecule has 0 saturated heterocycles. The van der Waals surface area contributed by atoms with Crippen LogP contribution in [0, 0.1) is 0 Å². The lowest BCUT2D eigenvalue weighted by atomic mass is 10.1. The van der Waals surface area contributed by atoms with Crippen LogP contribution in [0.1, 0.15) is 17.2 Å². The number of methoxy groups -OCH3 is 1. The summed E-state index contributed by atoms with van der Waals surface area (Å²) in [6, 6.07) is 8.64. The Hall–Kier alpha value is -3.10. The van der Waals surface area contributed by atoms with Crippen molar-refractivity contribution in [3.05, 3.63) is 65.7 Å². The largest absolute Gasteiger partial charge is 0.493 e. The molecule has 28 heavy (non-hydrogen) atoms. The Bertz CT molecular complexity index is 822. The Kier molecular flexibility index (Phi) is 6.97. The molecule has 0 fully saturated rings. The van der Waals surface area contributed by atoms with E-state index in [1.165, 1.54) is 55.7 Å². The summed E-state index contributed by atoms with van der Waals surface area (Å²) in [5.74, 6) is -1.20. The molecule has 2 rings (SSSR count). The molecule has 0 aliphatic carbocycles. The average Bonchev–Trinajstić information content (AvgIpc) is 2.64. The van der Waals surface area contributed by atoms with E-state index in [0.717, 1.165) is 6.08 Å². The van der Waals surface area contributed by atoms with Gasteiger partial charge >= 0.3 is 12.8 Å². The van der Waals surface area contributed by atoms with E-state index in [1.54, 1.807) is 6.07 Å². The van der Waals surface area contributed by atoms with Gasteiger partial charge in [0.05, 0.1) is 7.11 Å². The SMILES string of the molecule is COc1cc(/C=C/C(=O)NC(c2ccccc2)C(F)(F)F)ccc1OC(F)F. The zero-order valence-corrected chi connectivity index (χ0v) is 14.5. The number of nitrogens with one attached hydrogen (secondary N) is 1. The lowest BCUT2D eigenvalue weighted by Crippen LogP contribution is -2.37. The Labute approximate surface area is 157 Å². The molecular formula is C19H16F5NO3. The zero-order chi connectivity index (χ0) is 20.7. The predicted octanol–water partition coefficient (Wildman–Crippen LogP) is 4.73. The number of alkyl halides is 5. The van der Waals surface area contributed by atoms with Crippen molar-refractivity contribution >= 4 is 12.0 Å². The summed E-state index contributed by atoms with van der Waals surface area (Å²) in [6.07, 6.45) is -2.55. The second-order valence-electron chi connectivity index (χ2n) is 5.52. The summed E-state index contributed by atoms with van der Waals surface area (Å²) in [6.45, 7) is -3.04. The van der Waals surface area contributed by atoms with Gasteiger partial charge in [-0.2, -0.15) is 22.0 Å². The van der Waals surface area contributed by atoms with Crippen molar-refractivity contribution in [1.29, 1.82) is 0 Å². The first-order valence-electron chi connectivity index (χ1n) is 7.94. The van der Waals surface area contributed by atoms with Crippen molar-refractivity contribution in [2.45, 2.75) is 18.8 Å². The van der Waals surface area contributed by atoms with Crippen molar-refractivity contribution in [2.75, 3.05) is 7.11 Å². The molecule has 0 radical (unpaired) electrons. The third-order valence-electron chi connectivity index (χ3n) is 3.58. The van der Waals surface area contributed by atoms with Crippen molar-refractivity contribution in [1.82, 2.24) is 5.32 Å². The Morgan fingerprint density at radius 1 is 1.07 bits per heavy atom. The van der Waals surface area contributed by atoms with Gasteiger partial charge in [-0.15, -0.1) is 0 Å². The maximum atomic E-state index is 13.2. The van der Waals surface area contributed by atoms with E-state index in [9.17, 15) is 26.7 Å². The maximum absolute atomic E-state index is 13.2. The number of benzene rings is 2. The van der Waals surface area contributed by atoms with Crippen LogP contribution in [0.5, 0.6) is 11.5 Å². The van der Waals surface area contributed by atoms with Gasteiger partial charge in [0, 0.05) is 6.08 Å². The molecule has 2 aromatic rings. The van der Waals surface area contributed by atoms with E-state index in [0.29, 0.717) is 5.56 Å². The van der Waals surface area contributed by atoms with Crippen LogP contribution in [0.3, 0.4) is 0 Å². The van der Waals surface area contributed by atoms with Gasteiger partial charge in [0.25, 0.3) is 0 Å². The highest BCUT2D eigenvalue weighted by atomic mass is 19.4. The smallest absolute Gasteiger partial charge is 0.412 e. The van der Waals surface area contributed by atoms with Crippen LogP contribution in [0.15, 0.2) is 54.6 Å². The van der Waals surface area contributed by atoms with Crippen LogP contribution in [-0.4, -0.2) is 25.8 Å². The molecule has 0 heterocycles. The second kappa shape index (κ2) is 9.20. The fourth-order valence-corrected chi connectivity index (χ4v) is 2.34. The summed E-state index contributed by atoms with van der Waals surface area (Å²) < 4.78 is 73.6. The standard InChI is InChI=1S/C19H16F5NO3/c1-27-15-11-12(7-9-14(15)28-18(20)21)8-10-16(26)25-17(19(22,23)24)13-5-3-2-4-6-13/h2-11,17-18H,1H3,(H,25,26)/b10-8+. The highest BCUT2D eigenvalue weighted by molar-refractivity contribution is 5.92. The first-order chi connectivity index (χ1) is 13.2. The molecule has 150 valence electrons. The topological polar surface area (TPSA) is 47.6 Å². The molecule has 0 aliphatic rings. The molecule has 0 aromatic heterocycles. The number of carbonyl (C=O) groups excluding carboxylic acids is 1. The number of rotatable bonds is 7. The van der Waals surface area contributed by atoms with Crippen LogP contribution >= 0.6 is 0 Å². The van der Waals surface area contributed by atoms with E-state index in [4.69, 9.17) is 4.74 Å². The van der Waals surface area contributed by atoms with E-state index >= 15 is 0 Å². The van der Waals surface area contributed by atoms with Crippen molar-refractivity contribution < 1.29 is 36.2 Å². The molecule has 2 aromatic carbocycles. The summed E-state index contributed by atoms with van der Waals surface area (Å²) >= 11 is 0. The molecule has 1 atom stereocenters. The van der Waals surface area contributed by atoms with Gasteiger partial charge in [0.2, 0.25) is 5.91 Å². The Balaban J connectivity index is 2.14. The van der Waals surface area contributed by atoms with Gasteiger partial charge in [0.1, 0.15) is 0 Å². The third kappa shape index (κ3) is 5.97. The molecule has 4 nitrogen and oxygen atoms in total. The minimum Gasteiger partial charge on any atom is -0.493 e.